The Labute approximate surface area is 164 Å². The van der Waals surface area contributed by atoms with Gasteiger partial charge in [-0.15, -0.1) is 0 Å². The number of hydrogen-bond acceptors (Lipinski definition) is 4. The van der Waals surface area contributed by atoms with E-state index in [1.54, 1.807) is 29.2 Å². The lowest BCUT2D eigenvalue weighted by Gasteiger charge is -2.36. The molecular formula is C18H23ClN4O3S. The molecule has 1 aromatic heterocycles. The minimum absolute atomic E-state index is 0.105. The van der Waals surface area contributed by atoms with Gasteiger partial charge in [0.1, 0.15) is 5.15 Å². The Bertz CT molecular complexity index is 939. The van der Waals surface area contributed by atoms with Gasteiger partial charge in [0.2, 0.25) is 0 Å². The summed E-state index contributed by atoms with van der Waals surface area (Å²) in [7, 11) is -3.46. The summed E-state index contributed by atoms with van der Waals surface area (Å²) in [6.45, 7) is 5.86. The van der Waals surface area contributed by atoms with Crippen molar-refractivity contribution in [1.29, 1.82) is 0 Å². The second-order valence-electron chi connectivity index (χ2n) is 6.32. The number of aromatic nitrogens is 1. The molecule has 0 bridgehead atoms. The number of carbonyl (C=O) groups excluding carboxylic acids is 1. The second-order valence-corrected chi connectivity index (χ2v) is 8.64. The van der Waals surface area contributed by atoms with Crippen LogP contribution in [0.5, 0.6) is 0 Å². The average Bonchev–Trinajstić information content (AvgIpc) is 2.68. The van der Waals surface area contributed by atoms with Crippen molar-refractivity contribution in [3.05, 3.63) is 41.0 Å². The summed E-state index contributed by atoms with van der Waals surface area (Å²) >= 11 is 5.89. The number of fused-ring (bicyclic) bond motifs is 1. The molecule has 0 aliphatic carbocycles. The first-order valence-electron chi connectivity index (χ1n) is 8.97. The Morgan fingerprint density at radius 3 is 2.41 bits per heavy atom. The predicted octanol–water partition coefficient (Wildman–Crippen LogP) is 2.23. The maximum atomic E-state index is 12.8. The molecule has 0 spiro atoms. The normalized spacial score (nSPS) is 16.2. The molecule has 1 aliphatic rings. The summed E-state index contributed by atoms with van der Waals surface area (Å²) in [4.78, 5) is 18.7. The largest absolute Gasteiger partial charge is 0.336 e. The summed E-state index contributed by atoms with van der Waals surface area (Å²) in [5, 5.41) is 1.25. The van der Waals surface area contributed by atoms with E-state index in [0.29, 0.717) is 50.0 Å². The number of carbonyl (C=O) groups is 1. The molecule has 1 amide bonds. The molecule has 0 N–H and O–H groups in total. The van der Waals surface area contributed by atoms with Gasteiger partial charge in [-0.05, 0) is 30.3 Å². The van der Waals surface area contributed by atoms with Gasteiger partial charge in [-0.2, -0.15) is 17.0 Å². The molecule has 7 nitrogen and oxygen atoms in total. The van der Waals surface area contributed by atoms with Crippen LogP contribution >= 0.6 is 11.6 Å². The standard InChI is InChI=1S/C18H23ClN4O3S/c1-3-22(4-2)27(25,26)23-11-9-21(10-12-23)18(24)15-5-7-16-14(13-15)6-8-17(19)20-16/h5-8,13H,3-4,9-12H2,1-2H3. The number of hydrogen-bond donors (Lipinski definition) is 0. The second kappa shape index (κ2) is 8.10. The summed E-state index contributed by atoms with van der Waals surface area (Å²) < 4.78 is 28.1. The zero-order valence-electron chi connectivity index (χ0n) is 15.4. The van der Waals surface area contributed by atoms with Gasteiger partial charge in [0.15, 0.2) is 0 Å². The van der Waals surface area contributed by atoms with Crippen LogP contribution in [0.4, 0.5) is 0 Å². The number of halogens is 1. The predicted molar refractivity (Wildman–Crippen MR) is 106 cm³/mol. The molecular weight excluding hydrogens is 388 g/mol. The van der Waals surface area contributed by atoms with E-state index >= 15 is 0 Å². The van der Waals surface area contributed by atoms with Crippen LogP contribution in [0.2, 0.25) is 5.15 Å². The third-order valence-corrected chi connectivity index (χ3v) is 7.18. The molecule has 1 fully saturated rings. The molecule has 2 heterocycles. The molecule has 1 aromatic carbocycles. The van der Waals surface area contributed by atoms with Gasteiger partial charge in [-0.3, -0.25) is 4.79 Å². The maximum Gasteiger partial charge on any atom is 0.282 e. The molecule has 1 saturated heterocycles. The molecule has 3 rings (SSSR count). The SMILES string of the molecule is CCN(CC)S(=O)(=O)N1CCN(C(=O)c2ccc3nc(Cl)ccc3c2)CC1. The molecule has 2 aromatic rings. The van der Waals surface area contributed by atoms with Crippen LogP contribution in [0.1, 0.15) is 24.2 Å². The van der Waals surface area contributed by atoms with Gasteiger partial charge in [0.05, 0.1) is 5.52 Å². The lowest BCUT2D eigenvalue weighted by Crippen LogP contribution is -2.54. The van der Waals surface area contributed by atoms with E-state index < -0.39 is 10.2 Å². The Hall–Kier alpha value is -1.74. The number of benzene rings is 1. The fourth-order valence-electron chi connectivity index (χ4n) is 3.25. The molecule has 0 radical (unpaired) electrons. The Morgan fingerprint density at radius 2 is 1.78 bits per heavy atom. The van der Waals surface area contributed by atoms with E-state index in [0.717, 1.165) is 10.9 Å². The topological polar surface area (TPSA) is 73.8 Å². The van der Waals surface area contributed by atoms with Gasteiger partial charge in [-0.1, -0.05) is 25.4 Å². The minimum atomic E-state index is -3.46. The highest BCUT2D eigenvalue weighted by atomic mass is 35.5. The Balaban J connectivity index is 1.71. The number of piperazine rings is 1. The number of pyridine rings is 1. The van der Waals surface area contributed by atoms with Gasteiger partial charge < -0.3 is 4.90 Å². The van der Waals surface area contributed by atoms with E-state index in [9.17, 15) is 13.2 Å². The number of rotatable bonds is 5. The van der Waals surface area contributed by atoms with Crippen molar-refractivity contribution in [2.75, 3.05) is 39.3 Å². The first kappa shape index (κ1) is 20.0. The quantitative estimate of drug-likeness (QED) is 0.708. The Morgan fingerprint density at radius 1 is 1.11 bits per heavy atom. The summed E-state index contributed by atoms with van der Waals surface area (Å²) in [6, 6.07) is 8.81. The van der Waals surface area contributed by atoms with Crippen LogP contribution < -0.4 is 0 Å². The third kappa shape index (κ3) is 4.08. The molecule has 1 aliphatic heterocycles. The summed E-state index contributed by atoms with van der Waals surface area (Å²) in [5.41, 5.74) is 1.29. The van der Waals surface area contributed by atoms with E-state index in [1.807, 2.05) is 19.9 Å². The van der Waals surface area contributed by atoms with Crippen molar-refractivity contribution < 1.29 is 13.2 Å². The fraction of sp³-hybridized carbons (Fsp3) is 0.444. The molecule has 146 valence electrons. The highest BCUT2D eigenvalue weighted by Gasteiger charge is 2.32. The van der Waals surface area contributed by atoms with Crippen molar-refractivity contribution >= 4 is 38.6 Å². The van der Waals surface area contributed by atoms with E-state index in [2.05, 4.69) is 4.98 Å². The lowest BCUT2D eigenvalue weighted by molar-refractivity contribution is 0.0694. The van der Waals surface area contributed by atoms with Crippen molar-refractivity contribution in [2.45, 2.75) is 13.8 Å². The van der Waals surface area contributed by atoms with Crippen LogP contribution in [0.25, 0.3) is 10.9 Å². The van der Waals surface area contributed by atoms with Crippen molar-refractivity contribution in [3.8, 4) is 0 Å². The van der Waals surface area contributed by atoms with Crippen molar-refractivity contribution in [3.63, 3.8) is 0 Å². The molecule has 0 unspecified atom stereocenters. The van der Waals surface area contributed by atoms with Crippen LogP contribution in [0.3, 0.4) is 0 Å². The highest BCUT2D eigenvalue weighted by molar-refractivity contribution is 7.86. The van der Waals surface area contributed by atoms with Crippen LogP contribution in [-0.4, -0.2) is 72.1 Å². The van der Waals surface area contributed by atoms with Gasteiger partial charge >= 0.3 is 0 Å². The highest BCUT2D eigenvalue weighted by Crippen LogP contribution is 2.19. The number of nitrogens with zero attached hydrogens (tertiary/aromatic N) is 4. The average molecular weight is 411 g/mol. The lowest BCUT2D eigenvalue weighted by atomic mass is 10.1. The van der Waals surface area contributed by atoms with Crippen molar-refractivity contribution in [1.82, 2.24) is 18.5 Å². The van der Waals surface area contributed by atoms with E-state index in [-0.39, 0.29) is 5.91 Å². The van der Waals surface area contributed by atoms with Crippen LogP contribution in [-0.2, 0) is 10.2 Å². The van der Waals surface area contributed by atoms with Crippen LogP contribution in [0.15, 0.2) is 30.3 Å². The van der Waals surface area contributed by atoms with E-state index in [1.165, 1.54) is 8.61 Å². The molecule has 0 saturated carbocycles. The molecule has 0 atom stereocenters. The van der Waals surface area contributed by atoms with Gasteiger partial charge in [-0.25, -0.2) is 4.98 Å². The minimum Gasteiger partial charge on any atom is -0.336 e. The van der Waals surface area contributed by atoms with Crippen LogP contribution in [0, 0.1) is 0 Å². The van der Waals surface area contributed by atoms with Crippen molar-refractivity contribution in [2.24, 2.45) is 0 Å². The first-order chi connectivity index (χ1) is 12.9. The van der Waals surface area contributed by atoms with Gasteiger partial charge in [0.25, 0.3) is 16.1 Å². The van der Waals surface area contributed by atoms with E-state index in [4.69, 9.17) is 11.6 Å². The monoisotopic (exact) mass is 410 g/mol. The number of amides is 1. The fourth-order valence-corrected chi connectivity index (χ4v) is 5.01. The van der Waals surface area contributed by atoms with Gasteiger partial charge in [0, 0.05) is 50.2 Å². The third-order valence-electron chi connectivity index (χ3n) is 4.79. The Kier molecular flexibility index (Phi) is 6.00. The smallest absolute Gasteiger partial charge is 0.282 e. The summed E-state index contributed by atoms with van der Waals surface area (Å²) in [5.74, 6) is -0.105. The zero-order chi connectivity index (χ0) is 19.6. The molecule has 27 heavy (non-hydrogen) atoms. The molecule has 9 heteroatoms. The maximum absolute atomic E-state index is 12.8. The summed E-state index contributed by atoms with van der Waals surface area (Å²) in [6.07, 6.45) is 0. The first-order valence-corrected chi connectivity index (χ1v) is 10.7. The zero-order valence-corrected chi connectivity index (χ0v) is 17.0.